The van der Waals surface area contributed by atoms with Crippen LogP contribution in [0.1, 0.15) is 47.0 Å². The minimum absolute atomic E-state index is 0.379. The molecule has 1 aliphatic carbocycles. The Hall–Kier alpha value is -0.520. The minimum atomic E-state index is 0.379. The molecule has 0 heterocycles. The van der Waals surface area contributed by atoms with Gasteiger partial charge in [0.05, 0.1) is 0 Å². The van der Waals surface area contributed by atoms with Gasteiger partial charge in [-0.1, -0.05) is 30.2 Å². The monoisotopic (exact) mass is 164 g/mol. The molecule has 68 valence electrons. The highest BCUT2D eigenvalue weighted by Gasteiger charge is 2.28. The summed E-state index contributed by atoms with van der Waals surface area (Å²) in [6.45, 7) is 13.1. The van der Waals surface area contributed by atoms with E-state index in [0.29, 0.717) is 5.41 Å². The normalized spacial score (nSPS) is 30.7. The van der Waals surface area contributed by atoms with E-state index in [1.54, 1.807) is 11.1 Å². The summed E-state index contributed by atoms with van der Waals surface area (Å²) in [6.07, 6.45) is 3.76. The van der Waals surface area contributed by atoms with Crippen molar-refractivity contribution in [3.63, 3.8) is 0 Å². The molecule has 0 saturated carbocycles. The van der Waals surface area contributed by atoms with E-state index >= 15 is 0 Å². The Kier molecular flexibility index (Phi) is 2.46. The molecule has 0 aromatic carbocycles. The summed E-state index contributed by atoms with van der Waals surface area (Å²) in [6, 6.07) is 0. The molecule has 1 unspecified atom stereocenters. The van der Waals surface area contributed by atoms with E-state index < -0.39 is 0 Å². The van der Waals surface area contributed by atoms with Crippen LogP contribution in [0.5, 0.6) is 0 Å². The van der Waals surface area contributed by atoms with Gasteiger partial charge in [-0.25, -0.2) is 0 Å². The zero-order valence-electron chi connectivity index (χ0n) is 8.83. The second-order valence-corrected chi connectivity index (χ2v) is 4.58. The average molecular weight is 164 g/mol. The fraction of sp³-hybridized carbons (Fsp3) is 0.667. The average Bonchev–Trinajstić information content (AvgIpc) is 1.97. The summed E-state index contributed by atoms with van der Waals surface area (Å²) in [5.41, 5.74) is 4.89. The topological polar surface area (TPSA) is 0 Å². The van der Waals surface area contributed by atoms with Gasteiger partial charge in [0.2, 0.25) is 0 Å². The van der Waals surface area contributed by atoms with E-state index in [9.17, 15) is 0 Å². The van der Waals surface area contributed by atoms with Crippen molar-refractivity contribution in [3.05, 3.63) is 23.3 Å². The summed E-state index contributed by atoms with van der Waals surface area (Å²) in [5.74, 6) is 0. The van der Waals surface area contributed by atoms with Crippen LogP contribution in [0.4, 0.5) is 0 Å². The molecule has 0 fully saturated rings. The lowest BCUT2D eigenvalue weighted by Crippen LogP contribution is -2.21. The first-order valence-corrected chi connectivity index (χ1v) is 4.77. The van der Waals surface area contributed by atoms with Crippen molar-refractivity contribution >= 4 is 0 Å². The first-order valence-electron chi connectivity index (χ1n) is 4.77. The third-order valence-corrected chi connectivity index (χ3v) is 3.47. The Bertz CT molecular complexity index is 232. The predicted molar refractivity (Wildman–Crippen MR) is 55.1 cm³/mol. The van der Waals surface area contributed by atoms with Crippen molar-refractivity contribution in [2.75, 3.05) is 0 Å². The van der Waals surface area contributed by atoms with Gasteiger partial charge in [-0.05, 0) is 45.4 Å². The first kappa shape index (κ1) is 9.57. The molecule has 0 aromatic heterocycles. The van der Waals surface area contributed by atoms with Crippen LogP contribution < -0.4 is 0 Å². The summed E-state index contributed by atoms with van der Waals surface area (Å²) in [5, 5.41) is 0. The zero-order valence-corrected chi connectivity index (χ0v) is 8.83. The molecule has 0 bridgehead atoms. The molecule has 12 heavy (non-hydrogen) atoms. The molecule has 0 N–H and O–H groups in total. The molecule has 1 rings (SSSR count). The maximum absolute atomic E-state index is 4.09. The smallest absolute Gasteiger partial charge is 0.00817 e. The van der Waals surface area contributed by atoms with Crippen molar-refractivity contribution in [2.24, 2.45) is 5.41 Å². The SMILES string of the molecule is C=C(C)C1(C)CCC(C)=C(C)C1. The van der Waals surface area contributed by atoms with Gasteiger partial charge >= 0.3 is 0 Å². The summed E-state index contributed by atoms with van der Waals surface area (Å²) in [7, 11) is 0. The van der Waals surface area contributed by atoms with Gasteiger partial charge in [-0.2, -0.15) is 0 Å². The second kappa shape index (κ2) is 3.08. The molecule has 0 aliphatic heterocycles. The Balaban J connectivity index is 2.84. The van der Waals surface area contributed by atoms with E-state index in [2.05, 4.69) is 34.3 Å². The van der Waals surface area contributed by atoms with Crippen LogP contribution in [0.2, 0.25) is 0 Å². The first-order chi connectivity index (χ1) is 5.46. The zero-order chi connectivity index (χ0) is 9.35. The lowest BCUT2D eigenvalue weighted by Gasteiger charge is -2.35. The quantitative estimate of drug-likeness (QED) is 0.512. The highest BCUT2D eigenvalue weighted by molar-refractivity contribution is 5.22. The fourth-order valence-corrected chi connectivity index (χ4v) is 1.87. The van der Waals surface area contributed by atoms with Gasteiger partial charge in [0, 0.05) is 0 Å². The van der Waals surface area contributed by atoms with Gasteiger partial charge in [-0.15, -0.1) is 0 Å². The number of hydrogen-bond donors (Lipinski definition) is 0. The molecule has 0 aromatic rings. The predicted octanol–water partition coefficient (Wildman–Crippen LogP) is 4.09. The maximum atomic E-state index is 4.09. The minimum Gasteiger partial charge on any atom is -0.0996 e. The molecule has 0 saturated heterocycles. The van der Waals surface area contributed by atoms with Crippen LogP contribution in [-0.4, -0.2) is 0 Å². The van der Waals surface area contributed by atoms with Crippen molar-refractivity contribution in [1.82, 2.24) is 0 Å². The summed E-state index contributed by atoms with van der Waals surface area (Å²) >= 11 is 0. The van der Waals surface area contributed by atoms with E-state index in [0.717, 1.165) is 0 Å². The maximum Gasteiger partial charge on any atom is -0.00817 e. The largest absolute Gasteiger partial charge is 0.0996 e. The van der Waals surface area contributed by atoms with Crippen molar-refractivity contribution in [2.45, 2.75) is 47.0 Å². The Labute approximate surface area is 76.4 Å². The molecule has 0 amide bonds. The van der Waals surface area contributed by atoms with Gasteiger partial charge in [-0.3, -0.25) is 0 Å². The van der Waals surface area contributed by atoms with Gasteiger partial charge in [0.1, 0.15) is 0 Å². The molecule has 1 aliphatic rings. The lowest BCUT2D eigenvalue weighted by atomic mass is 9.70. The van der Waals surface area contributed by atoms with E-state index in [1.165, 1.54) is 24.8 Å². The molecular weight excluding hydrogens is 144 g/mol. The second-order valence-electron chi connectivity index (χ2n) is 4.58. The van der Waals surface area contributed by atoms with E-state index in [1.807, 2.05) is 0 Å². The Morgan fingerprint density at radius 1 is 1.33 bits per heavy atom. The Morgan fingerprint density at radius 2 is 1.92 bits per heavy atom. The van der Waals surface area contributed by atoms with Crippen molar-refractivity contribution < 1.29 is 0 Å². The van der Waals surface area contributed by atoms with E-state index in [-0.39, 0.29) is 0 Å². The highest BCUT2D eigenvalue weighted by atomic mass is 14.3. The van der Waals surface area contributed by atoms with E-state index in [4.69, 9.17) is 0 Å². The summed E-state index contributed by atoms with van der Waals surface area (Å²) < 4.78 is 0. The van der Waals surface area contributed by atoms with Crippen LogP contribution in [0.25, 0.3) is 0 Å². The number of rotatable bonds is 1. The van der Waals surface area contributed by atoms with Crippen molar-refractivity contribution in [1.29, 1.82) is 0 Å². The molecule has 0 heteroatoms. The van der Waals surface area contributed by atoms with Gasteiger partial charge < -0.3 is 0 Å². The van der Waals surface area contributed by atoms with Crippen LogP contribution in [0.3, 0.4) is 0 Å². The number of hydrogen-bond acceptors (Lipinski definition) is 0. The highest BCUT2D eigenvalue weighted by Crippen LogP contribution is 2.43. The van der Waals surface area contributed by atoms with Crippen LogP contribution >= 0.6 is 0 Å². The molecule has 0 spiro atoms. The van der Waals surface area contributed by atoms with Crippen molar-refractivity contribution in [3.8, 4) is 0 Å². The van der Waals surface area contributed by atoms with Crippen LogP contribution in [0, 0.1) is 5.41 Å². The van der Waals surface area contributed by atoms with Crippen LogP contribution in [0.15, 0.2) is 23.3 Å². The van der Waals surface area contributed by atoms with Gasteiger partial charge in [0.15, 0.2) is 0 Å². The number of allylic oxidation sites excluding steroid dienone is 3. The summed E-state index contributed by atoms with van der Waals surface area (Å²) in [4.78, 5) is 0. The van der Waals surface area contributed by atoms with Crippen LogP contribution in [-0.2, 0) is 0 Å². The van der Waals surface area contributed by atoms with Gasteiger partial charge in [0.25, 0.3) is 0 Å². The lowest BCUT2D eigenvalue weighted by molar-refractivity contribution is 0.342. The molecular formula is C12H20. The third kappa shape index (κ3) is 1.63. The molecule has 1 atom stereocenters. The third-order valence-electron chi connectivity index (χ3n) is 3.47. The molecule has 0 radical (unpaired) electrons. The molecule has 0 nitrogen and oxygen atoms in total. The Morgan fingerprint density at radius 3 is 2.33 bits per heavy atom. The standard InChI is InChI=1S/C12H20/c1-9(2)12(5)7-6-10(3)11(4)8-12/h1,6-8H2,2-5H3. The fourth-order valence-electron chi connectivity index (χ4n) is 1.87.